The normalized spacial score (nSPS) is 14.2. The molecule has 2 N–H and O–H groups in total. The lowest BCUT2D eigenvalue weighted by Crippen LogP contribution is -1.82. The van der Waals surface area contributed by atoms with Crippen LogP contribution in [0.4, 0.5) is 0 Å². The van der Waals surface area contributed by atoms with Gasteiger partial charge in [0.15, 0.2) is 11.5 Å². The second-order valence-corrected chi connectivity index (χ2v) is 3.09. The van der Waals surface area contributed by atoms with E-state index in [0.717, 1.165) is 17.5 Å². The molecular weight excluding hydrogens is 152 g/mol. The van der Waals surface area contributed by atoms with Crippen LogP contribution >= 0.6 is 0 Å². The maximum atomic E-state index is 9.22. The fraction of sp³-hybridized carbons (Fsp3) is 0.200. The first-order valence-electron chi connectivity index (χ1n) is 3.90. The van der Waals surface area contributed by atoms with E-state index in [-0.39, 0.29) is 11.5 Å². The molecular formula is C10H10O2. The molecule has 0 spiro atoms. The maximum absolute atomic E-state index is 9.22. The van der Waals surface area contributed by atoms with Gasteiger partial charge in [-0.3, -0.25) is 0 Å². The lowest BCUT2D eigenvalue weighted by Gasteiger charge is -2.03. The van der Waals surface area contributed by atoms with Gasteiger partial charge in [0.2, 0.25) is 0 Å². The summed E-state index contributed by atoms with van der Waals surface area (Å²) in [5, 5.41) is 18.4. The fourth-order valence-corrected chi connectivity index (χ4v) is 1.53. The maximum Gasteiger partial charge on any atom is 0.158 e. The Bertz CT molecular complexity index is 364. The molecule has 1 aliphatic rings. The van der Waals surface area contributed by atoms with Crippen molar-refractivity contribution in [3.63, 3.8) is 0 Å². The third-order valence-electron chi connectivity index (χ3n) is 2.25. The van der Waals surface area contributed by atoms with Crippen LogP contribution in [0.25, 0.3) is 5.57 Å². The van der Waals surface area contributed by atoms with Crippen molar-refractivity contribution in [3.05, 3.63) is 29.3 Å². The topological polar surface area (TPSA) is 40.5 Å². The third kappa shape index (κ3) is 0.881. The van der Waals surface area contributed by atoms with E-state index in [0.29, 0.717) is 0 Å². The average molecular weight is 162 g/mol. The lowest BCUT2D eigenvalue weighted by atomic mass is 10.1. The Kier molecular flexibility index (Phi) is 1.37. The smallest absolute Gasteiger partial charge is 0.158 e. The minimum absolute atomic E-state index is 0.0307. The van der Waals surface area contributed by atoms with Crippen LogP contribution in [0.2, 0.25) is 0 Å². The van der Waals surface area contributed by atoms with Crippen LogP contribution in [0.1, 0.15) is 18.1 Å². The van der Waals surface area contributed by atoms with Gasteiger partial charge in [-0.2, -0.15) is 0 Å². The van der Waals surface area contributed by atoms with E-state index in [4.69, 9.17) is 0 Å². The van der Waals surface area contributed by atoms with Crippen LogP contribution in [-0.2, 0) is 6.42 Å². The molecule has 0 bridgehead atoms. The largest absolute Gasteiger partial charge is 0.504 e. The highest BCUT2D eigenvalue weighted by molar-refractivity contribution is 5.73. The molecule has 12 heavy (non-hydrogen) atoms. The predicted molar refractivity (Wildman–Crippen MR) is 47.1 cm³/mol. The lowest BCUT2D eigenvalue weighted by molar-refractivity contribution is 0.403. The Labute approximate surface area is 70.8 Å². The van der Waals surface area contributed by atoms with E-state index >= 15 is 0 Å². The first kappa shape index (κ1) is 7.22. The molecule has 1 aromatic carbocycles. The third-order valence-corrected chi connectivity index (χ3v) is 2.25. The Hall–Kier alpha value is -1.44. The summed E-state index contributed by atoms with van der Waals surface area (Å²) in [6.07, 6.45) is 2.94. The van der Waals surface area contributed by atoms with Gasteiger partial charge in [0.05, 0.1) is 0 Å². The summed E-state index contributed by atoms with van der Waals surface area (Å²) in [6, 6.07) is 3.24. The number of phenolic OH excluding ortho intramolecular Hbond substituents is 2. The summed E-state index contributed by atoms with van der Waals surface area (Å²) in [4.78, 5) is 0. The molecule has 0 aliphatic heterocycles. The molecule has 0 heterocycles. The number of fused-ring (bicyclic) bond motifs is 1. The van der Waals surface area contributed by atoms with Crippen molar-refractivity contribution in [2.45, 2.75) is 13.3 Å². The van der Waals surface area contributed by atoms with Gasteiger partial charge in [0.25, 0.3) is 0 Å². The van der Waals surface area contributed by atoms with Gasteiger partial charge >= 0.3 is 0 Å². The van der Waals surface area contributed by atoms with E-state index in [9.17, 15) is 10.2 Å². The van der Waals surface area contributed by atoms with Gasteiger partial charge in [-0.1, -0.05) is 6.08 Å². The molecule has 1 aliphatic carbocycles. The highest BCUT2D eigenvalue weighted by Gasteiger charge is 2.13. The molecule has 0 saturated heterocycles. The number of phenols is 2. The highest BCUT2D eigenvalue weighted by atomic mass is 16.3. The van der Waals surface area contributed by atoms with Crippen molar-refractivity contribution in [2.75, 3.05) is 0 Å². The van der Waals surface area contributed by atoms with Gasteiger partial charge in [0.1, 0.15) is 0 Å². The Morgan fingerprint density at radius 3 is 2.58 bits per heavy atom. The molecule has 0 amide bonds. The van der Waals surface area contributed by atoms with Crippen molar-refractivity contribution in [1.82, 2.24) is 0 Å². The molecule has 0 aromatic heterocycles. The van der Waals surface area contributed by atoms with Crippen molar-refractivity contribution in [3.8, 4) is 11.5 Å². The first-order valence-corrected chi connectivity index (χ1v) is 3.90. The van der Waals surface area contributed by atoms with Gasteiger partial charge in [0, 0.05) is 0 Å². The second kappa shape index (κ2) is 2.27. The van der Waals surface area contributed by atoms with Crippen molar-refractivity contribution in [2.24, 2.45) is 0 Å². The van der Waals surface area contributed by atoms with E-state index in [1.54, 1.807) is 12.1 Å². The van der Waals surface area contributed by atoms with Gasteiger partial charge in [-0.25, -0.2) is 0 Å². The number of benzene rings is 1. The van der Waals surface area contributed by atoms with Crippen LogP contribution in [0.3, 0.4) is 0 Å². The van der Waals surface area contributed by atoms with Gasteiger partial charge < -0.3 is 10.2 Å². The standard InChI is InChI=1S/C10H10O2/c1-6-2-3-7-4-9(11)10(12)5-8(6)7/h2,4-5,11-12H,3H2,1H3. The predicted octanol–water partition coefficient (Wildman–Crippen LogP) is 2.06. The van der Waals surface area contributed by atoms with E-state index in [2.05, 4.69) is 6.08 Å². The summed E-state index contributed by atoms with van der Waals surface area (Å²) in [7, 11) is 0. The molecule has 0 fully saturated rings. The molecule has 0 unspecified atom stereocenters. The quantitative estimate of drug-likeness (QED) is 0.573. The zero-order valence-electron chi connectivity index (χ0n) is 6.83. The zero-order chi connectivity index (χ0) is 8.72. The zero-order valence-corrected chi connectivity index (χ0v) is 6.83. The molecule has 0 saturated carbocycles. The number of aromatic hydroxyl groups is 2. The molecule has 0 atom stereocenters. The number of allylic oxidation sites excluding steroid dienone is 2. The molecule has 62 valence electrons. The first-order chi connectivity index (χ1) is 5.68. The van der Waals surface area contributed by atoms with E-state index in [1.807, 2.05) is 6.92 Å². The summed E-state index contributed by atoms with van der Waals surface area (Å²) in [5.74, 6) is -0.0692. The van der Waals surface area contributed by atoms with Gasteiger partial charge in [-0.15, -0.1) is 0 Å². The molecule has 2 nitrogen and oxygen atoms in total. The molecule has 1 aromatic rings. The Balaban J connectivity index is 2.63. The Morgan fingerprint density at radius 2 is 1.83 bits per heavy atom. The molecule has 0 radical (unpaired) electrons. The fourth-order valence-electron chi connectivity index (χ4n) is 1.53. The summed E-state index contributed by atoms with van der Waals surface area (Å²) in [5.41, 5.74) is 3.30. The SMILES string of the molecule is CC1=CCc2cc(O)c(O)cc21. The molecule has 2 rings (SSSR count). The van der Waals surface area contributed by atoms with Crippen LogP contribution in [0.5, 0.6) is 11.5 Å². The van der Waals surface area contributed by atoms with Crippen LogP contribution in [0.15, 0.2) is 18.2 Å². The van der Waals surface area contributed by atoms with Crippen LogP contribution in [0, 0.1) is 0 Å². The van der Waals surface area contributed by atoms with Crippen molar-refractivity contribution < 1.29 is 10.2 Å². The minimum Gasteiger partial charge on any atom is -0.504 e. The number of hydrogen-bond donors (Lipinski definition) is 2. The second-order valence-electron chi connectivity index (χ2n) is 3.09. The number of rotatable bonds is 0. The summed E-state index contributed by atoms with van der Waals surface area (Å²) >= 11 is 0. The van der Waals surface area contributed by atoms with E-state index in [1.165, 1.54) is 5.57 Å². The van der Waals surface area contributed by atoms with Crippen molar-refractivity contribution >= 4 is 5.57 Å². The van der Waals surface area contributed by atoms with Crippen LogP contribution in [-0.4, -0.2) is 10.2 Å². The summed E-state index contributed by atoms with van der Waals surface area (Å²) in [6.45, 7) is 2.00. The summed E-state index contributed by atoms with van der Waals surface area (Å²) < 4.78 is 0. The average Bonchev–Trinajstić information content (AvgIpc) is 2.35. The number of hydrogen-bond acceptors (Lipinski definition) is 2. The molecule has 2 heteroatoms. The van der Waals surface area contributed by atoms with E-state index < -0.39 is 0 Å². The monoisotopic (exact) mass is 162 g/mol. The van der Waals surface area contributed by atoms with Gasteiger partial charge in [-0.05, 0) is 42.2 Å². The van der Waals surface area contributed by atoms with Crippen LogP contribution < -0.4 is 0 Å². The Morgan fingerprint density at radius 1 is 1.17 bits per heavy atom. The highest BCUT2D eigenvalue weighted by Crippen LogP contribution is 2.35. The minimum atomic E-state index is -0.0385. The van der Waals surface area contributed by atoms with Crippen molar-refractivity contribution in [1.29, 1.82) is 0 Å².